The summed E-state index contributed by atoms with van der Waals surface area (Å²) in [6.45, 7) is 7.08. The minimum atomic E-state index is -0.589. The monoisotopic (exact) mass is 458 g/mol. The molecule has 0 fully saturated rings. The second-order valence-electron chi connectivity index (χ2n) is 7.83. The Labute approximate surface area is 190 Å². The zero-order chi connectivity index (χ0) is 23.3. The molecular weight excluding hydrogens is 431 g/mol. The van der Waals surface area contributed by atoms with Crippen molar-refractivity contribution in [3.63, 3.8) is 0 Å². The number of thioether (sulfide) groups is 1. The molecule has 0 atom stereocenters. The molecule has 32 heavy (non-hydrogen) atoms. The van der Waals surface area contributed by atoms with Crippen LogP contribution in [0.15, 0.2) is 40.3 Å². The largest absolute Gasteiger partial charge is 0.351 e. The lowest BCUT2D eigenvalue weighted by molar-refractivity contribution is 0.0945. The van der Waals surface area contributed by atoms with E-state index < -0.39 is 17.2 Å². The third-order valence-electron chi connectivity index (χ3n) is 4.79. The summed E-state index contributed by atoms with van der Waals surface area (Å²) in [5.74, 6) is 0.244. The van der Waals surface area contributed by atoms with E-state index in [0.717, 1.165) is 17.5 Å². The Bertz CT molecular complexity index is 1160. The van der Waals surface area contributed by atoms with Gasteiger partial charge in [-0.15, -0.1) is 10.2 Å². The highest BCUT2D eigenvalue weighted by Crippen LogP contribution is 2.17. The lowest BCUT2D eigenvalue weighted by Gasteiger charge is -2.12. The van der Waals surface area contributed by atoms with Gasteiger partial charge in [-0.2, -0.15) is 5.10 Å². The smallest absolute Gasteiger partial charge is 0.275 e. The first-order chi connectivity index (χ1) is 15.3. The second-order valence-corrected chi connectivity index (χ2v) is 8.60. The number of aryl methyl sites for hydroxylation is 2. The van der Waals surface area contributed by atoms with Crippen LogP contribution in [0.3, 0.4) is 0 Å². The predicted octanol–water partition coefficient (Wildman–Crippen LogP) is 3.01. The van der Waals surface area contributed by atoms with Gasteiger partial charge in [-0.25, -0.2) is 9.07 Å². The minimum Gasteiger partial charge on any atom is -0.351 e. The molecule has 0 aliphatic carbocycles. The van der Waals surface area contributed by atoms with Crippen LogP contribution in [0.5, 0.6) is 0 Å². The number of carbonyl (C=O) groups is 1. The van der Waals surface area contributed by atoms with E-state index in [0.29, 0.717) is 31.0 Å². The molecule has 170 valence electrons. The summed E-state index contributed by atoms with van der Waals surface area (Å²) in [6.07, 6.45) is 3.23. The number of hydrogen-bond donors (Lipinski definition) is 1. The maximum absolute atomic E-state index is 14.2. The van der Waals surface area contributed by atoms with Crippen molar-refractivity contribution < 1.29 is 9.18 Å². The molecule has 3 rings (SSSR count). The fraction of sp³-hybridized carbons (Fsp3) is 0.409. The number of nitrogens with one attached hydrogen (secondary N) is 1. The highest BCUT2D eigenvalue weighted by Gasteiger charge is 2.17. The molecule has 0 unspecified atom stereocenters. The molecular formula is C22H27FN6O2S. The molecule has 1 amide bonds. The first-order valence-corrected chi connectivity index (χ1v) is 11.6. The molecule has 0 aliphatic heterocycles. The van der Waals surface area contributed by atoms with Crippen molar-refractivity contribution in [2.24, 2.45) is 5.92 Å². The van der Waals surface area contributed by atoms with Crippen molar-refractivity contribution in [3.05, 3.63) is 63.6 Å². The Morgan fingerprint density at radius 3 is 2.69 bits per heavy atom. The van der Waals surface area contributed by atoms with Crippen molar-refractivity contribution in [2.75, 3.05) is 12.8 Å². The fourth-order valence-corrected chi connectivity index (χ4v) is 3.83. The van der Waals surface area contributed by atoms with Crippen molar-refractivity contribution in [1.82, 2.24) is 29.9 Å². The third-order valence-corrected chi connectivity index (χ3v) is 5.46. The summed E-state index contributed by atoms with van der Waals surface area (Å²) in [4.78, 5) is 24.9. The summed E-state index contributed by atoms with van der Waals surface area (Å²) >= 11 is 1.55. The van der Waals surface area contributed by atoms with Crippen LogP contribution in [0.2, 0.25) is 0 Å². The van der Waals surface area contributed by atoms with Gasteiger partial charge in [-0.05, 0) is 37.7 Å². The van der Waals surface area contributed by atoms with Gasteiger partial charge in [0.1, 0.15) is 17.3 Å². The summed E-state index contributed by atoms with van der Waals surface area (Å²) in [5.41, 5.74) is -0.167. The van der Waals surface area contributed by atoms with Gasteiger partial charge in [-0.3, -0.25) is 9.59 Å². The fourth-order valence-electron chi connectivity index (χ4n) is 3.31. The van der Waals surface area contributed by atoms with Gasteiger partial charge in [0.25, 0.3) is 5.91 Å². The van der Waals surface area contributed by atoms with Crippen LogP contribution in [0, 0.1) is 18.7 Å². The van der Waals surface area contributed by atoms with Crippen LogP contribution >= 0.6 is 11.8 Å². The molecule has 0 bridgehead atoms. The number of carbonyl (C=O) groups excluding carboxylic acids is 1. The summed E-state index contributed by atoms with van der Waals surface area (Å²) < 4.78 is 17.6. The Balaban J connectivity index is 1.68. The number of benzene rings is 1. The number of para-hydroxylation sites is 1. The molecule has 2 heterocycles. The van der Waals surface area contributed by atoms with Crippen molar-refractivity contribution in [3.8, 4) is 5.69 Å². The van der Waals surface area contributed by atoms with Gasteiger partial charge >= 0.3 is 0 Å². The molecule has 3 aromatic rings. The Morgan fingerprint density at radius 2 is 2.00 bits per heavy atom. The number of hydrogen-bond acceptors (Lipinski definition) is 6. The molecule has 1 aromatic carbocycles. The van der Waals surface area contributed by atoms with Crippen LogP contribution in [0.4, 0.5) is 4.39 Å². The molecule has 2 aromatic heterocycles. The van der Waals surface area contributed by atoms with E-state index in [1.165, 1.54) is 22.9 Å². The average molecular weight is 459 g/mol. The number of amides is 1. The lowest BCUT2D eigenvalue weighted by atomic mass is 10.2. The first kappa shape index (κ1) is 23.6. The highest BCUT2D eigenvalue weighted by molar-refractivity contribution is 7.98. The molecule has 0 aliphatic rings. The zero-order valence-corrected chi connectivity index (χ0v) is 19.4. The van der Waals surface area contributed by atoms with E-state index in [1.807, 2.05) is 6.26 Å². The Hall–Kier alpha value is -3.01. The minimum absolute atomic E-state index is 0.174. The number of aromatic nitrogens is 5. The Morgan fingerprint density at radius 1 is 1.25 bits per heavy atom. The normalized spacial score (nSPS) is 11.2. The molecule has 0 saturated carbocycles. The molecule has 8 nitrogen and oxygen atoms in total. The molecule has 0 spiro atoms. The van der Waals surface area contributed by atoms with E-state index in [9.17, 15) is 14.0 Å². The van der Waals surface area contributed by atoms with Gasteiger partial charge in [-0.1, -0.05) is 37.7 Å². The van der Waals surface area contributed by atoms with Crippen molar-refractivity contribution >= 4 is 17.7 Å². The van der Waals surface area contributed by atoms with E-state index in [-0.39, 0.29) is 11.4 Å². The van der Waals surface area contributed by atoms with Crippen LogP contribution < -0.4 is 10.7 Å². The standard InChI is InChI=1S/C22H27FN6O2S/c1-14(2)13-28-19(25-26-22(28)32-4)10-7-11-24-21(31)20-18(30)12-15(3)29(27-20)17-9-6-5-8-16(17)23/h5-6,8-9,12,14H,7,10-11,13H2,1-4H3,(H,24,31). The van der Waals surface area contributed by atoms with Crippen molar-refractivity contribution in [1.29, 1.82) is 0 Å². The number of nitrogens with zero attached hydrogens (tertiary/aromatic N) is 5. The van der Waals surface area contributed by atoms with Gasteiger partial charge in [0.2, 0.25) is 5.43 Å². The first-order valence-electron chi connectivity index (χ1n) is 10.4. The highest BCUT2D eigenvalue weighted by atomic mass is 32.2. The lowest BCUT2D eigenvalue weighted by Crippen LogP contribution is -2.32. The van der Waals surface area contributed by atoms with Crippen LogP contribution in [0.25, 0.3) is 5.69 Å². The van der Waals surface area contributed by atoms with E-state index >= 15 is 0 Å². The maximum atomic E-state index is 14.2. The average Bonchev–Trinajstić information content (AvgIpc) is 3.12. The van der Waals surface area contributed by atoms with Gasteiger partial charge in [0.05, 0.1) is 0 Å². The molecule has 10 heteroatoms. The maximum Gasteiger partial charge on any atom is 0.275 e. The van der Waals surface area contributed by atoms with E-state index in [4.69, 9.17) is 0 Å². The van der Waals surface area contributed by atoms with Crippen LogP contribution in [-0.4, -0.2) is 43.3 Å². The summed E-state index contributed by atoms with van der Waals surface area (Å²) in [6, 6.07) is 7.35. The topological polar surface area (TPSA) is 94.7 Å². The summed E-state index contributed by atoms with van der Waals surface area (Å²) in [5, 5.41) is 16.2. The van der Waals surface area contributed by atoms with E-state index in [2.05, 4.69) is 39.0 Å². The van der Waals surface area contributed by atoms with E-state index in [1.54, 1.807) is 30.8 Å². The number of halogens is 1. The molecule has 1 N–H and O–H groups in total. The van der Waals surface area contributed by atoms with Crippen LogP contribution in [-0.2, 0) is 13.0 Å². The molecule has 0 radical (unpaired) electrons. The van der Waals surface area contributed by atoms with Gasteiger partial charge in [0.15, 0.2) is 10.9 Å². The van der Waals surface area contributed by atoms with Crippen molar-refractivity contribution in [2.45, 2.75) is 45.3 Å². The molecule has 0 saturated heterocycles. The Kier molecular flexibility index (Phi) is 7.79. The van der Waals surface area contributed by atoms with Gasteiger partial charge < -0.3 is 9.88 Å². The quantitative estimate of drug-likeness (QED) is 0.391. The zero-order valence-electron chi connectivity index (χ0n) is 18.6. The third kappa shape index (κ3) is 5.42. The number of rotatable bonds is 9. The SMILES string of the molecule is CSc1nnc(CCCNC(=O)c2nn(-c3ccccc3F)c(C)cc2=O)n1CC(C)C. The predicted molar refractivity (Wildman–Crippen MR) is 122 cm³/mol. The van der Waals surface area contributed by atoms with Crippen LogP contribution in [0.1, 0.15) is 42.3 Å². The summed E-state index contributed by atoms with van der Waals surface area (Å²) in [7, 11) is 0. The van der Waals surface area contributed by atoms with Gasteiger partial charge in [0, 0.05) is 31.3 Å². The second kappa shape index (κ2) is 10.5.